The van der Waals surface area contributed by atoms with Gasteiger partial charge in [-0.3, -0.25) is 9.59 Å². The van der Waals surface area contributed by atoms with E-state index in [0.29, 0.717) is 63.7 Å². The van der Waals surface area contributed by atoms with Crippen LogP contribution in [0.3, 0.4) is 0 Å². The molecule has 0 bridgehead atoms. The Morgan fingerprint density at radius 1 is 0.881 bits per heavy atom. The number of nitrogens with zero attached hydrogens (tertiary/aromatic N) is 4. The molecule has 4 aromatic rings. The van der Waals surface area contributed by atoms with Crippen molar-refractivity contribution in [1.29, 1.82) is 0 Å². The Hall–Kier alpha value is -4.43. The van der Waals surface area contributed by atoms with Gasteiger partial charge in [0.1, 0.15) is 5.69 Å². The molecule has 0 atom stereocenters. The van der Waals surface area contributed by atoms with E-state index in [4.69, 9.17) is 4.74 Å². The molecule has 1 fully saturated rings. The van der Waals surface area contributed by atoms with Gasteiger partial charge in [0.2, 0.25) is 5.91 Å². The molecule has 0 radical (unpaired) electrons. The maximum atomic E-state index is 13.6. The van der Waals surface area contributed by atoms with E-state index in [2.05, 4.69) is 39.6 Å². The van der Waals surface area contributed by atoms with Gasteiger partial charge in [0.05, 0.1) is 17.6 Å². The third kappa shape index (κ3) is 7.06. The van der Waals surface area contributed by atoms with Crippen LogP contribution in [-0.4, -0.2) is 66.5 Å². The van der Waals surface area contributed by atoms with Crippen molar-refractivity contribution in [3.05, 3.63) is 119 Å². The first-order valence-electron chi connectivity index (χ1n) is 14.8. The minimum absolute atomic E-state index is 0.000183. The third-order valence-electron chi connectivity index (χ3n) is 7.69. The van der Waals surface area contributed by atoms with Crippen molar-refractivity contribution in [2.75, 3.05) is 56.2 Å². The summed E-state index contributed by atoms with van der Waals surface area (Å²) in [6.45, 7) is 6.29. The number of benzene rings is 3. The molecule has 1 amide bonds. The number of hydrogen-bond acceptors (Lipinski definition) is 6. The van der Waals surface area contributed by atoms with E-state index in [0.717, 1.165) is 23.2 Å². The second kappa shape index (κ2) is 14.5. The quantitative estimate of drug-likeness (QED) is 0.245. The van der Waals surface area contributed by atoms with Crippen LogP contribution in [0.2, 0.25) is 0 Å². The van der Waals surface area contributed by atoms with Crippen LogP contribution in [-0.2, 0) is 9.53 Å². The van der Waals surface area contributed by atoms with Crippen LogP contribution in [0.15, 0.2) is 102 Å². The molecule has 0 saturated carbocycles. The van der Waals surface area contributed by atoms with Crippen LogP contribution >= 0.6 is 0 Å². The molecule has 1 saturated heterocycles. The summed E-state index contributed by atoms with van der Waals surface area (Å²) in [7, 11) is 0. The van der Waals surface area contributed by atoms with Crippen molar-refractivity contribution < 1.29 is 9.53 Å². The Kier molecular flexibility index (Phi) is 10.0. The minimum Gasteiger partial charge on any atom is -0.382 e. The molecule has 8 nitrogen and oxygen atoms in total. The molecule has 1 aliphatic heterocycles. The molecular weight excluding hydrogens is 526 g/mol. The molecule has 5 rings (SSSR count). The molecule has 42 heavy (non-hydrogen) atoms. The highest BCUT2D eigenvalue weighted by molar-refractivity contribution is 5.78. The number of hydrogen-bond donors (Lipinski definition) is 1. The molecule has 8 heteroatoms. The number of rotatable bonds is 12. The van der Waals surface area contributed by atoms with Crippen LogP contribution in [0.1, 0.15) is 36.8 Å². The Morgan fingerprint density at radius 3 is 2.07 bits per heavy atom. The van der Waals surface area contributed by atoms with Gasteiger partial charge in [-0.05, 0) is 36.6 Å². The Labute approximate surface area is 247 Å². The highest BCUT2D eigenvalue weighted by Gasteiger charge is 2.27. The van der Waals surface area contributed by atoms with Gasteiger partial charge < -0.3 is 19.9 Å². The monoisotopic (exact) mass is 565 g/mol. The lowest BCUT2D eigenvalue weighted by atomic mass is 9.88. The number of carbonyl (C=O) groups is 1. The first-order chi connectivity index (χ1) is 20.7. The van der Waals surface area contributed by atoms with Gasteiger partial charge >= 0.3 is 0 Å². The molecule has 1 N–H and O–H groups in total. The van der Waals surface area contributed by atoms with Crippen LogP contribution < -0.4 is 15.8 Å². The van der Waals surface area contributed by atoms with Crippen molar-refractivity contribution in [2.45, 2.75) is 25.7 Å². The first-order valence-corrected chi connectivity index (χ1v) is 14.8. The number of aromatic nitrogens is 2. The number of anilines is 2. The summed E-state index contributed by atoms with van der Waals surface area (Å²) in [5.74, 6) is 0.138. The molecule has 2 heterocycles. The summed E-state index contributed by atoms with van der Waals surface area (Å²) < 4.78 is 6.91. The SMILES string of the molecule is CCOCCCNc1c(N2CCN(C(=O)CC(c3ccccc3)c3ccccc3)CC2)cnn(-c2ccccc2)c1=O. The van der Waals surface area contributed by atoms with Crippen molar-refractivity contribution in [2.24, 2.45) is 0 Å². The number of amides is 1. The Balaban J connectivity index is 1.30. The van der Waals surface area contributed by atoms with Gasteiger partial charge in [-0.1, -0.05) is 78.9 Å². The number of carbonyl (C=O) groups excluding carboxylic acids is 1. The van der Waals surface area contributed by atoms with Gasteiger partial charge in [-0.25, -0.2) is 0 Å². The van der Waals surface area contributed by atoms with E-state index in [-0.39, 0.29) is 17.4 Å². The number of ether oxygens (including phenoxy) is 1. The van der Waals surface area contributed by atoms with Crippen LogP contribution in [0.25, 0.3) is 5.69 Å². The number of para-hydroxylation sites is 1. The lowest BCUT2D eigenvalue weighted by Gasteiger charge is -2.37. The topological polar surface area (TPSA) is 79.7 Å². The summed E-state index contributed by atoms with van der Waals surface area (Å²) in [4.78, 5) is 31.3. The first kappa shape index (κ1) is 29.1. The van der Waals surface area contributed by atoms with Crippen LogP contribution in [0, 0.1) is 0 Å². The zero-order chi connectivity index (χ0) is 29.1. The van der Waals surface area contributed by atoms with E-state index >= 15 is 0 Å². The van der Waals surface area contributed by atoms with Crippen molar-refractivity contribution in [3.63, 3.8) is 0 Å². The Bertz CT molecular complexity index is 1430. The lowest BCUT2D eigenvalue weighted by molar-refractivity contribution is -0.131. The standard InChI is InChI=1S/C34H39N5O3/c1-2-42-24-12-19-35-33-31(26-36-39(34(33)41)29-17-10-5-11-18-29)37-20-22-38(23-21-37)32(40)25-30(27-13-6-3-7-14-27)28-15-8-4-9-16-28/h3-11,13-18,26,30,35H,2,12,19-25H2,1H3. The lowest BCUT2D eigenvalue weighted by Crippen LogP contribution is -2.49. The van der Waals surface area contributed by atoms with Gasteiger partial charge in [-0.15, -0.1) is 0 Å². The van der Waals surface area contributed by atoms with Gasteiger partial charge in [0.15, 0.2) is 0 Å². The largest absolute Gasteiger partial charge is 0.382 e. The van der Waals surface area contributed by atoms with Gasteiger partial charge in [0, 0.05) is 58.3 Å². The average Bonchev–Trinajstić information content (AvgIpc) is 3.05. The van der Waals surface area contributed by atoms with Crippen molar-refractivity contribution in [3.8, 4) is 5.69 Å². The number of nitrogens with one attached hydrogen (secondary N) is 1. The second-order valence-corrected chi connectivity index (χ2v) is 10.4. The molecule has 0 spiro atoms. The average molecular weight is 566 g/mol. The predicted molar refractivity (Wildman–Crippen MR) is 168 cm³/mol. The summed E-state index contributed by atoms with van der Waals surface area (Å²) in [6, 6.07) is 29.9. The highest BCUT2D eigenvalue weighted by atomic mass is 16.5. The summed E-state index contributed by atoms with van der Waals surface area (Å²) in [6.07, 6.45) is 2.96. The fourth-order valence-corrected chi connectivity index (χ4v) is 5.44. The molecule has 1 aromatic heterocycles. The van der Waals surface area contributed by atoms with E-state index in [1.807, 2.05) is 78.6 Å². The van der Waals surface area contributed by atoms with Gasteiger partial charge in [-0.2, -0.15) is 9.78 Å². The van der Waals surface area contributed by atoms with E-state index in [1.54, 1.807) is 6.20 Å². The molecule has 0 aliphatic carbocycles. The highest BCUT2D eigenvalue weighted by Crippen LogP contribution is 2.29. The fraction of sp³-hybridized carbons (Fsp3) is 0.324. The number of piperazine rings is 1. The van der Waals surface area contributed by atoms with E-state index < -0.39 is 0 Å². The Morgan fingerprint density at radius 2 is 1.48 bits per heavy atom. The maximum Gasteiger partial charge on any atom is 0.296 e. The van der Waals surface area contributed by atoms with Crippen molar-refractivity contribution in [1.82, 2.24) is 14.7 Å². The smallest absolute Gasteiger partial charge is 0.296 e. The van der Waals surface area contributed by atoms with Gasteiger partial charge in [0.25, 0.3) is 5.56 Å². The maximum absolute atomic E-state index is 13.6. The van der Waals surface area contributed by atoms with Crippen LogP contribution in [0.5, 0.6) is 0 Å². The predicted octanol–water partition coefficient (Wildman–Crippen LogP) is 4.94. The fourth-order valence-electron chi connectivity index (χ4n) is 5.44. The normalized spacial score (nSPS) is 13.4. The molecule has 218 valence electrons. The second-order valence-electron chi connectivity index (χ2n) is 10.4. The zero-order valence-corrected chi connectivity index (χ0v) is 24.2. The van der Waals surface area contributed by atoms with Crippen LogP contribution in [0.4, 0.5) is 11.4 Å². The molecular formula is C34H39N5O3. The zero-order valence-electron chi connectivity index (χ0n) is 24.2. The third-order valence-corrected chi connectivity index (χ3v) is 7.69. The van der Waals surface area contributed by atoms with Crippen molar-refractivity contribution >= 4 is 17.3 Å². The summed E-state index contributed by atoms with van der Waals surface area (Å²) in [5.41, 5.74) is 4.09. The van der Waals surface area contributed by atoms with E-state index in [1.165, 1.54) is 4.68 Å². The summed E-state index contributed by atoms with van der Waals surface area (Å²) in [5, 5.41) is 7.89. The van der Waals surface area contributed by atoms with E-state index in [9.17, 15) is 9.59 Å². The minimum atomic E-state index is -0.192. The molecule has 3 aromatic carbocycles. The molecule has 1 aliphatic rings. The molecule has 0 unspecified atom stereocenters. The summed E-state index contributed by atoms with van der Waals surface area (Å²) >= 11 is 0.